The van der Waals surface area contributed by atoms with Crippen molar-refractivity contribution in [3.8, 4) is 0 Å². The number of carbonyl (C=O) groups is 1. The van der Waals surface area contributed by atoms with E-state index in [1.165, 1.54) is 0 Å². The van der Waals surface area contributed by atoms with E-state index >= 15 is 0 Å². The quantitative estimate of drug-likeness (QED) is 0.674. The van der Waals surface area contributed by atoms with Gasteiger partial charge in [0.15, 0.2) is 5.78 Å². The molecule has 13 heavy (non-hydrogen) atoms. The predicted molar refractivity (Wildman–Crippen MR) is 54.6 cm³/mol. The summed E-state index contributed by atoms with van der Waals surface area (Å²) >= 11 is 0. The lowest BCUT2D eigenvalue weighted by Crippen LogP contribution is -2.28. The maximum absolute atomic E-state index is 11.4. The van der Waals surface area contributed by atoms with Gasteiger partial charge in [-0.15, -0.1) is 0 Å². The van der Waals surface area contributed by atoms with E-state index in [0.29, 0.717) is 11.7 Å². The number of allylic oxidation sites excluding steroid dienone is 2. The number of hydrogen-bond acceptors (Lipinski definition) is 2. The Morgan fingerprint density at radius 2 is 2.00 bits per heavy atom. The van der Waals surface area contributed by atoms with Gasteiger partial charge in [0.1, 0.15) is 0 Å². The molecular formula is C11H19NO. The van der Waals surface area contributed by atoms with Gasteiger partial charge in [0, 0.05) is 6.42 Å². The zero-order valence-electron chi connectivity index (χ0n) is 8.60. The molecule has 2 heteroatoms. The van der Waals surface area contributed by atoms with E-state index in [4.69, 9.17) is 0 Å². The zero-order chi connectivity index (χ0) is 9.68. The highest BCUT2D eigenvalue weighted by Crippen LogP contribution is 2.16. The summed E-state index contributed by atoms with van der Waals surface area (Å²) in [6.07, 6.45) is 4.82. The van der Waals surface area contributed by atoms with Crippen LogP contribution in [0.5, 0.6) is 0 Å². The van der Waals surface area contributed by atoms with Gasteiger partial charge < -0.3 is 5.32 Å². The smallest absolute Gasteiger partial charge is 0.155 e. The van der Waals surface area contributed by atoms with Crippen molar-refractivity contribution >= 4 is 5.78 Å². The fraction of sp³-hybridized carbons (Fsp3) is 0.727. The van der Waals surface area contributed by atoms with Gasteiger partial charge in [-0.1, -0.05) is 5.57 Å². The van der Waals surface area contributed by atoms with Gasteiger partial charge in [0.25, 0.3) is 0 Å². The fourth-order valence-corrected chi connectivity index (χ4v) is 1.75. The molecule has 0 saturated carbocycles. The highest BCUT2D eigenvalue weighted by molar-refractivity contribution is 5.90. The third kappa shape index (κ3) is 4.23. The van der Waals surface area contributed by atoms with Crippen molar-refractivity contribution in [3.63, 3.8) is 0 Å². The molecular weight excluding hydrogens is 162 g/mol. The second-order valence-corrected chi connectivity index (χ2v) is 4.09. The Labute approximate surface area is 80.4 Å². The monoisotopic (exact) mass is 181 g/mol. The van der Waals surface area contributed by atoms with Crippen molar-refractivity contribution in [1.29, 1.82) is 0 Å². The maximum atomic E-state index is 11.4. The minimum Gasteiger partial charge on any atom is -0.317 e. The SMILES string of the molecule is CC(C)=CC(=O)CC1CCNCC1. The second kappa shape index (κ2) is 5.18. The van der Waals surface area contributed by atoms with Crippen LogP contribution in [0.4, 0.5) is 0 Å². The topological polar surface area (TPSA) is 29.1 Å². The molecule has 1 aliphatic heterocycles. The number of ketones is 1. The molecule has 2 nitrogen and oxygen atoms in total. The molecule has 74 valence electrons. The lowest BCUT2D eigenvalue weighted by molar-refractivity contribution is -0.115. The summed E-state index contributed by atoms with van der Waals surface area (Å²) < 4.78 is 0. The van der Waals surface area contributed by atoms with Crippen LogP contribution in [-0.2, 0) is 4.79 Å². The molecule has 1 saturated heterocycles. The highest BCUT2D eigenvalue weighted by Gasteiger charge is 2.15. The van der Waals surface area contributed by atoms with Crippen LogP contribution < -0.4 is 5.32 Å². The van der Waals surface area contributed by atoms with Crippen LogP contribution in [0, 0.1) is 5.92 Å². The van der Waals surface area contributed by atoms with E-state index in [1.807, 2.05) is 13.8 Å². The first kappa shape index (κ1) is 10.5. The molecule has 1 heterocycles. The Hall–Kier alpha value is -0.630. The highest BCUT2D eigenvalue weighted by atomic mass is 16.1. The minimum atomic E-state index is 0.298. The van der Waals surface area contributed by atoms with Crippen LogP contribution in [0.3, 0.4) is 0 Å². The molecule has 1 fully saturated rings. The molecule has 0 radical (unpaired) electrons. The van der Waals surface area contributed by atoms with Gasteiger partial charge in [0.05, 0.1) is 0 Å². The van der Waals surface area contributed by atoms with Gasteiger partial charge in [-0.05, 0) is 51.8 Å². The van der Waals surface area contributed by atoms with E-state index in [-0.39, 0.29) is 0 Å². The van der Waals surface area contributed by atoms with Crippen molar-refractivity contribution in [1.82, 2.24) is 5.32 Å². The van der Waals surface area contributed by atoms with Crippen molar-refractivity contribution in [3.05, 3.63) is 11.6 Å². The standard InChI is InChI=1S/C11H19NO/c1-9(2)7-11(13)8-10-3-5-12-6-4-10/h7,10,12H,3-6,8H2,1-2H3. The predicted octanol–water partition coefficient (Wildman–Crippen LogP) is 1.91. The third-order valence-corrected chi connectivity index (χ3v) is 2.40. The van der Waals surface area contributed by atoms with Gasteiger partial charge >= 0.3 is 0 Å². The Balaban J connectivity index is 2.30. The van der Waals surface area contributed by atoms with E-state index in [0.717, 1.165) is 37.9 Å². The van der Waals surface area contributed by atoms with E-state index in [1.54, 1.807) is 6.08 Å². The molecule has 0 bridgehead atoms. The number of nitrogens with one attached hydrogen (secondary N) is 1. The fourth-order valence-electron chi connectivity index (χ4n) is 1.75. The van der Waals surface area contributed by atoms with Crippen LogP contribution in [0.15, 0.2) is 11.6 Å². The summed E-state index contributed by atoms with van der Waals surface area (Å²) in [4.78, 5) is 11.4. The molecule has 0 aromatic heterocycles. The lowest BCUT2D eigenvalue weighted by atomic mass is 9.92. The van der Waals surface area contributed by atoms with Crippen LogP contribution in [-0.4, -0.2) is 18.9 Å². The molecule has 0 atom stereocenters. The van der Waals surface area contributed by atoms with E-state index < -0.39 is 0 Å². The first-order valence-corrected chi connectivity index (χ1v) is 5.07. The summed E-state index contributed by atoms with van der Waals surface area (Å²) in [7, 11) is 0. The largest absolute Gasteiger partial charge is 0.317 e. The average molecular weight is 181 g/mol. The lowest BCUT2D eigenvalue weighted by Gasteiger charge is -2.21. The Morgan fingerprint density at radius 1 is 1.38 bits per heavy atom. The van der Waals surface area contributed by atoms with Crippen LogP contribution in [0.2, 0.25) is 0 Å². The van der Waals surface area contributed by atoms with Crippen molar-refractivity contribution in [2.24, 2.45) is 5.92 Å². The van der Waals surface area contributed by atoms with Crippen LogP contribution in [0.25, 0.3) is 0 Å². The zero-order valence-corrected chi connectivity index (χ0v) is 8.60. The Bertz CT molecular complexity index is 198. The van der Waals surface area contributed by atoms with Gasteiger partial charge in [-0.2, -0.15) is 0 Å². The summed E-state index contributed by atoms with van der Waals surface area (Å²) in [5.41, 5.74) is 1.11. The summed E-state index contributed by atoms with van der Waals surface area (Å²) in [5.74, 6) is 0.913. The molecule has 0 amide bonds. The molecule has 0 aromatic carbocycles. The Morgan fingerprint density at radius 3 is 2.54 bits per heavy atom. The Kier molecular flexibility index (Phi) is 4.16. The maximum Gasteiger partial charge on any atom is 0.155 e. The molecule has 1 rings (SSSR count). The number of hydrogen-bond donors (Lipinski definition) is 1. The van der Waals surface area contributed by atoms with Crippen molar-refractivity contribution in [2.45, 2.75) is 33.1 Å². The molecule has 0 spiro atoms. The third-order valence-electron chi connectivity index (χ3n) is 2.40. The number of rotatable bonds is 3. The minimum absolute atomic E-state index is 0.298. The van der Waals surface area contributed by atoms with E-state index in [2.05, 4.69) is 5.32 Å². The first-order chi connectivity index (χ1) is 6.18. The first-order valence-electron chi connectivity index (χ1n) is 5.07. The summed E-state index contributed by atoms with van der Waals surface area (Å²) in [6.45, 7) is 6.10. The average Bonchev–Trinajstić information content (AvgIpc) is 2.04. The van der Waals surface area contributed by atoms with Crippen LogP contribution in [0.1, 0.15) is 33.1 Å². The van der Waals surface area contributed by atoms with Gasteiger partial charge in [0.2, 0.25) is 0 Å². The molecule has 0 unspecified atom stereocenters. The number of piperidine rings is 1. The second-order valence-electron chi connectivity index (χ2n) is 4.09. The molecule has 1 aliphatic rings. The van der Waals surface area contributed by atoms with E-state index in [9.17, 15) is 4.79 Å². The number of carbonyl (C=O) groups excluding carboxylic acids is 1. The van der Waals surface area contributed by atoms with Crippen molar-refractivity contribution < 1.29 is 4.79 Å². The normalized spacial score (nSPS) is 18.3. The van der Waals surface area contributed by atoms with Crippen molar-refractivity contribution in [2.75, 3.05) is 13.1 Å². The van der Waals surface area contributed by atoms with Gasteiger partial charge in [-0.3, -0.25) is 4.79 Å². The molecule has 1 N–H and O–H groups in total. The summed E-state index contributed by atoms with van der Waals surface area (Å²) in [6, 6.07) is 0. The van der Waals surface area contributed by atoms with Crippen LogP contribution >= 0.6 is 0 Å². The van der Waals surface area contributed by atoms with Gasteiger partial charge in [-0.25, -0.2) is 0 Å². The molecule has 0 aromatic rings. The summed E-state index contributed by atoms with van der Waals surface area (Å²) in [5, 5.41) is 3.30. The molecule has 0 aliphatic carbocycles.